The van der Waals surface area contributed by atoms with Crippen LogP contribution in [-0.4, -0.2) is 5.25 Å². The fourth-order valence-corrected chi connectivity index (χ4v) is 2.25. The molecule has 0 aliphatic carbocycles. The Morgan fingerprint density at radius 1 is 1.20 bits per heavy atom. The van der Waals surface area contributed by atoms with Crippen molar-refractivity contribution >= 4 is 22.5 Å². The second-order valence-corrected chi connectivity index (χ2v) is 4.17. The predicted molar refractivity (Wildman–Crippen MR) is 54.8 cm³/mol. The average molecular weight is 178 g/mol. The van der Waals surface area contributed by atoms with Crippen LogP contribution in [0.2, 0.25) is 0 Å². The first kappa shape index (κ1) is 10.7. The van der Waals surface area contributed by atoms with Crippen LogP contribution in [0.3, 0.4) is 0 Å². The van der Waals surface area contributed by atoms with E-state index in [2.05, 4.69) is 25.5 Å². The van der Waals surface area contributed by atoms with Crippen molar-refractivity contribution in [2.45, 2.75) is 51.2 Å². The molecule has 0 spiro atoms. The number of thiol groups is 1. The van der Waals surface area contributed by atoms with Gasteiger partial charge in [0, 0.05) is 5.25 Å². The molecule has 0 N–H and O–H groups in total. The van der Waals surface area contributed by atoms with Gasteiger partial charge in [0.25, 0.3) is 0 Å². The summed E-state index contributed by atoms with van der Waals surface area (Å²) in [5.74, 6) is 0. The van der Waals surface area contributed by atoms with E-state index in [1.165, 1.54) is 32.1 Å². The molecule has 0 saturated carbocycles. The first-order chi connectivity index (χ1) is 4.85. The SMILES string of the molecule is CCCCC(CCC)SS. The third-order valence-corrected chi connectivity index (χ3v) is 3.30. The molecule has 0 aromatic carbocycles. The monoisotopic (exact) mass is 178 g/mol. The highest BCUT2D eigenvalue weighted by Gasteiger charge is 2.03. The summed E-state index contributed by atoms with van der Waals surface area (Å²) in [5, 5.41) is 0.799. The number of hydrogen-bond acceptors (Lipinski definition) is 2. The quantitative estimate of drug-likeness (QED) is 0.475. The topological polar surface area (TPSA) is 0 Å². The lowest BCUT2D eigenvalue weighted by atomic mass is 10.1. The van der Waals surface area contributed by atoms with Gasteiger partial charge in [-0.2, -0.15) is 0 Å². The van der Waals surface area contributed by atoms with Crippen molar-refractivity contribution in [3.63, 3.8) is 0 Å². The molecule has 0 aromatic heterocycles. The van der Waals surface area contributed by atoms with Crippen molar-refractivity contribution in [1.29, 1.82) is 0 Å². The second-order valence-electron chi connectivity index (χ2n) is 2.66. The van der Waals surface area contributed by atoms with Gasteiger partial charge in [-0.25, -0.2) is 0 Å². The van der Waals surface area contributed by atoms with Gasteiger partial charge >= 0.3 is 0 Å². The Hall–Kier alpha value is 0.700. The smallest absolute Gasteiger partial charge is 0.0148 e. The minimum Gasteiger partial charge on any atom is -0.111 e. The van der Waals surface area contributed by atoms with Crippen LogP contribution in [0.25, 0.3) is 0 Å². The zero-order chi connectivity index (χ0) is 7.82. The Balaban J connectivity index is 3.21. The van der Waals surface area contributed by atoms with Crippen LogP contribution in [-0.2, 0) is 0 Å². The molecule has 62 valence electrons. The molecule has 2 heteroatoms. The molecule has 0 aliphatic rings. The first-order valence-electron chi connectivity index (χ1n) is 4.15. The maximum Gasteiger partial charge on any atom is 0.0148 e. The zero-order valence-corrected chi connectivity index (χ0v) is 8.68. The molecule has 0 rings (SSSR count). The Labute approximate surface area is 74.0 Å². The van der Waals surface area contributed by atoms with Crippen molar-refractivity contribution in [3.8, 4) is 0 Å². The van der Waals surface area contributed by atoms with Crippen LogP contribution in [0.4, 0.5) is 0 Å². The molecule has 1 atom stereocenters. The van der Waals surface area contributed by atoms with Gasteiger partial charge in [0.05, 0.1) is 0 Å². The average Bonchev–Trinajstić information content (AvgIpc) is 1.98. The Morgan fingerprint density at radius 3 is 2.30 bits per heavy atom. The molecule has 0 heterocycles. The van der Waals surface area contributed by atoms with E-state index in [0.717, 1.165) is 5.25 Å². The van der Waals surface area contributed by atoms with Crippen LogP contribution in [0.15, 0.2) is 0 Å². The lowest BCUT2D eigenvalue weighted by Gasteiger charge is -2.10. The lowest BCUT2D eigenvalue weighted by Crippen LogP contribution is -1.98. The third kappa shape index (κ3) is 5.48. The zero-order valence-electron chi connectivity index (χ0n) is 6.97. The summed E-state index contributed by atoms with van der Waals surface area (Å²) in [6.45, 7) is 4.48. The molecule has 1 unspecified atom stereocenters. The van der Waals surface area contributed by atoms with Gasteiger partial charge in [-0.1, -0.05) is 43.9 Å². The molecule has 0 aliphatic heterocycles. The van der Waals surface area contributed by atoms with E-state index < -0.39 is 0 Å². The Kier molecular flexibility index (Phi) is 8.35. The van der Waals surface area contributed by atoms with Gasteiger partial charge in [-0.15, -0.1) is 11.7 Å². The fraction of sp³-hybridized carbons (Fsp3) is 1.00. The number of unbranched alkanes of at least 4 members (excludes halogenated alkanes) is 1. The van der Waals surface area contributed by atoms with E-state index in [9.17, 15) is 0 Å². The molecule has 0 nitrogen and oxygen atoms in total. The van der Waals surface area contributed by atoms with Crippen molar-refractivity contribution < 1.29 is 0 Å². The highest BCUT2D eigenvalue weighted by Crippen LogP contribution is 2.24. The Morgan fingerprint density at radius 2 is 1.90 bits per heavy atom. The molecule has 0 bridgehead atoms. The molecule has 0 amide bonds. The molecular formula is C8H18S2. The Bertz CT molecular complexity index is 64.3. The summed E-state index contributed by atoms with van der Waals surface area (Å²) >= 11 is 4.24. The van der Waals surface area contributed by atoms with E-state index in [4.69, 9.17) is 0 Å². The summed E-state index contributed by atoms with van der Waals surface area (Å²) < 4.78 is 0. The van der Waals surface area contributed by atoms with E-state index in [1.54, 1.807) is 10.8 Å². The van der Waals surface area contributed by atoms with Gasteiger partial charge in [0.2, 0.25) is 0 Å². The van der Waals surface area contributed by atoms with E-state index in [-0.39, 0.29) is 0 Å². The van der Waals surface area contributed by atoms with E-state index in [1.807, 2.05) is 0 Å². The van der Waals surface area contributed by atoms with Gasteiger partial charge in [0.15, 0.2) is 0 Å². The van der Waals surface area contributed by atoms with Gasteiger partial charge < -0.3 is 0 Å². The highest BCUT2D eigenvalue weighted by molar-refractivity contribution is 8.68. The van der Waals surface area contributed by atoms with Crippen molar-refractivity contribution in [3.05, 3.63) is 0 Å². The maximum absolute atomic E-state index is 4.24. The van der Waals surface area contributed by atoms with Crippen LogP contribution in [0, 0.1) is 0 Å². The summed E-state index contributed by atoms with van der Waals surface area (Å²) in [4.78, 5) is 0. The minimum atomic E-state index is 0.799. The largest absolute Gasteiger partial charge is 0.111 e. The molecular weight excluding hydrogens is 160 g/mol. The van der Waals surface area contributed by atoms with Gasteiger partial charge in [-0.05, 0) is 12.8 Å². The van der Waals surface area contributed by atoms with E-state index in [0.29, 0.717) is 0 Å². The molecule has 0 radical (unpaired) electrons. The molecule has 0 fully saturated rings. The second kappa shape index (κ2) is 7.80. The lowest BCUT2D eigenvalue weighted by molar-refractivity contribution is 0.641. The molecule has 0 saturated heterocycles. The van der Waals surface area contributed by atoms with Crippen molar-refractivity contribution in [2.75, 3.05) is 0 Å². The highest BCUT2D eigenvalue weighted by atomic mass is 33.1. The number of hydrogen-bond donors (Lipinski definition) is 1. The summed E-state index contributed by atoms with van der Waals surface area (Å²) in [5.41, 5.74) is 0. The standard InChI is InChI=1S/C8H18S2/c1-3-5-7-8(10-9)6-4-2/h8-9H,3-7H2,1-2H3. The van der Waals surface area contributed by atoms with Crippen LogP contribution in [0.5, 0.6) is 0 Å². The summed E-state index contributed by atoms with van der Waals surface area (Å²) in [6.07, 6.45) is 6.64. The normalized spacial score (nSPS) is 13.5. The summed E-state index contributed by atoms with van der Waals surface area (Å²) in [7, 11) is 1.73. The maximum atomic E-state index is 4.24. The van der Waals surface area contributed by atoms with Crippen molar-refractivity contribution in [2.24, 2.45) is 0 Å². The van der Waals surface area contributed by atoms with Gasteiger partial charge in [-0.3, -0.25) is 0 Å². The fourth-order valence-electron chi connectivity index (χ4n) is 1.00. The molecule has 0 aromatic rings. The van der Waals surface area contributed by atoms with Crippen molar-refractivity contribution in [1.82, 2.24) is 0 Å². The number of rotatable bonds is 6. The van der Waals surface area contributed by atoms with Crippen LogP contribution >= 0.6 is 22.5 Å². The van der Waals surface area contributed by atoms with Crippen LogP contribution < -0.4 is 0 Å². The predicted octanol–water partition coefficient (Wildman–Crippen LogP) is 3.92. The minimum absolute atomic E-state index is 0.799. The van der Waals surface area contributed by atoms with Crippen LogP contribution in [0.1, 0.15) is 46.0 Å². The third-order valence-electron chi connectivity index (χ3n) is 1.64. The summed E-state index contributed by atoms with van der Waals surface area (Å²) in [6, 6.07) is 0. The van der Waals surface area contributed by atoms with Gasteiger partial charge in [0.1, 0.15) is 0 Å². The van der Waals surface area contributed by atoms with E-state index >= 15 is 0 Å². The molecule has 10 heavy (non-hydrogen) atoms. The first-order valence-corrected chi connectivity index (χ1v) is 6.08.